The molecule has 0 radical (unpaired) electrons. The molecule has 1 atom stereocenters. The zero-order valence-corrected chi connectivity index (χ0v) is 11.4. The highest BCUT2D eigenvalue weighted by molar-refractivity contribution is 5.78. The van der Waals surface area contributed by atoms with Crippen LogP contribution in [0.3, 0.4) is 0 Å². The molecule has 0 aromatic heterocycles. The lowest BCUT2D eigenvalue weighted by Gasteiger charge is -2.27. The number of carbonyl (C=O) groups is 1. The van der Waals surface area contributed by atoms with E-state index < -0.39 is 0 Å². The van der Waals surface area contributed by atoms with Crippen molar-refractivity contribution in [3.63, 3.8) is 0 Å². The number of halogens is 1. The van der Waals surface area contributed by atoms with Crippen molar-refractivity contribution in [2.45, 2.75) is 31.7 Å². The lowest BCUT2D eigenvalue weighted by Crippen LogP contribution is -2.38. The number of nitrogens with one attached hydrogen (secondary N) is 1. The van der Waals surface area contributed by atoms with Gasteiger partial charge in [0.1, 0.15) is 5.82 Å². The molecule has 3 nitrogen and oxygen atoms in total. The van der Waals surface area contributed by atoms with E-state index in [0.29, 0.717) is 6.04 Å². The van der Waals surface area contributed by atoms with Gasteiger partial charge in [0.05, 0.1) is 6.42 Å². The predicted molar refractivity (Wildman–Crippen MR) is 73.4 cm³/mol. The van der Waals surface area contributed by atoms with Crippen molar-refractivity contribution in [3.8, 4) is 0 Å². The Morgan fingerprint density at radius 1 is 1.42 bits per heavy atom. The lowest BCUT2D eigenvalue weighted by molar-refractivity contribution is -0.131. The minimum absolute atomic E-state index is 0.0671. The molecule has 1 unspecified atom stereocenters. The maximum atomic E-state index is 13.1. The first kappa shape index (κ1) is 14.0. The Kier molecular flexibility index (Phi) is 4.91. The van der Waals surface area contributed by atoms with Crippen LogP contribution < -0.4 is 5.32 Å². The van der Waals surface area contributed by atoms with Gasteiger partial charge in [-0.05, 0) is 50.0 Å². The standard InChI is InChI=1S/C15H21FN2O/c1-18(14-6-3-8-17-9-7-14)15(19)11-12-4-2-5-13(16)10-12/h2,4-5,10,14,17H,3,6-9,11H2,1H3. The van der Waals surface area contributed by atoms with E-state index in [4.69, 9.17) is 0 Å². The highest BCUT2D eigenvalue weighted by atomic mass is 19.1. The average molecular weight is 264 g/mol. The summed E-state index contributed by atoms with van der Waals surface area (Å²) in [4.78, 5) is 14.0. The Hall–Kier alpha value is -1.42. The molecule has 2 rings (SSSR count). The van der Waals surface area contributed by atoms with E-state index >= 15 is 0 Å². The Morgan fingerprint density at radius 3 is 3.05 bits per heavy atom. The molecular formula is C15H21FN2O. The molecule has 1 heterocycles. The fraction of sp³-hybridized carbons (Fsp3) is 0.533. The zero-order chi connectivity index (χ0) is 13.7. The van der Waals surface area contributed by atoms with Crippen molar-refractivity contribution in [1.29, 1.82) is 0 Å². The van der Waals surface area contributed by atoms with Crippen LogP contribution in [-0.4, -0.2) is 37.0 Å². The summed E-state index contributed by atoms with van der Waals surface area (Å²) < 4.78 is 13.1. The summed E-state index contributed by atoms with van der Waals surface area (Å²) in [5, 5.41) is 3.34. The molecule has 4 heteroatoms. The second kappa shape index (κ2) is 6.66. The van der Waals surface area contributed by atoms with E-state index in [1.165, 1.54) is 12.1 Å². The van der Waals surface area contributed by atoms with E-state index in [-0.39, 0.29) is 18.1 Å². The van der Waals surface area contributed by atoms with Crippen LogP contribution in [-0.2, 0) is 11.2 Å². The molecule has 1 aromatic carbocycles. The Morgan fingerprint density at radius 2 is 2.26 bits per heavy atom. The van der Waals surface area contributed by atoms with Crippen LogP contribution in [0.1, 0.15) is 24.8 Å². The summed E-state index contributed by atoms with van der Waals surface area (Å²) in [5.41, 5.74) is 0.739. The van der Waals surface area contributed by atoms with Crippen molar-refractivity contribution in [2.75, 3.05) is 20.1 Å². The third-order valence-corrected chi connectivity index (χ3v) is 3.73. The monoisotopic (exact) mass is 264 g/mol. The summed E-state index contributed by atoms with van der Waals surface area (Å²) in [7, 11) is 1.86. The summed E-state index contributed by atoms with van der Waals surface area (Å²) in [6.45, 7) is 1.99. The summed E-state index contributed by atoms with van der Waals surface area (Å²) in [5.74, 6) is -0.218. The quantitative estimate of drug-likeness (QED) is 0.905. The van der Waals surface area contributed by atoms with Crippen molar-refractivity contribution in [1.82, 2.24) is 10.2 Å². The molecule has 1 aliphatic heterocycles. The molecule has 1 aliphatic rings. The highest BCUT2D eigenvalue weighted by Crippen LogP contribution is 2.14. The number of amides is 1. The average Bonchev–Trinajstić information content (AvgIpc) is 2.66. The molecule has 1 fully saturated rings. The maximum Gasteiger partial charge on any atom is 0.226 e. The molecule has 0 saturated carbocycles. The van der Waals surface area contributed by atoms with Gasteiger partial charge in [-0.2, -0.15) is 0 Å². The first-order chi connectivity index (χ1) is 9.16. The van der Waals surface area contributed by atoms with E-state index in [2.05, 4.69) is 5.32 Å². The van der Waals surface area contributed by atoms with Crippen molar-refractivity contribution in [2.24, 2.45) is 0 Å². The highest BCUT2D eigenvalue weighted by Gasteiger charge is 2.21. The Labute approximate surface area is 113 Å². The van der Waals surface area contributed by atoms with Gasteiger partial charge in [0.25, 0.3) is 0 Å². The van der Waals surface area contributed by atoms with Crippen LogP contribution in [0.15, 0.2) is 24.3 Å². The number of nitrogens with zero attached hydrogens (tertiary/aromatic N) is 1. The van der Waals surface area contributed by atoms with Gasteiger partial charge < -0.3 is 10.2 Å². The number of likely N-dealkylation sites (N-methyl/N-ethyl adjacent to an activating group) is 1. The molecule has 0 aliphatic carbocycles. The van der Waals surface area contributed by atoms with Gasteiger partial charge in [-0.15, -0.1) is 0 Å². The van der Waals surface area contributed by atoms with Crippen LogP contribution in [0, 0.1) is 5.82 Å². The Balaban J connectivity index is 1.94. The number of hydrogen-bond acceptors (Lipinski definition) is 2. The molecule has 0 bridgehead atoms. The number of carbonyl (C=O) groups excluding carboxylic acids is 1. The second-order valence-corrected chi connectivity index (χ2v) is 5.15. The third kappa shape index (κ3) is 4.03. The molecule has 1 aromatic rings. The molecule has 104 valence electrons. The van der Waals surface area contributed by atoms with Gasteiger partial charge in [-0.3, -0.25) is 4.79 Å². The van der Waals surface area contributed by atoms with Crippen LogP contribution in [0.2, 0.25) is 0 Å². The van der Waals surface area contributed by atoms with Gasteiger partial charge in [0.2, 0.25) is 5.91 Å². The molecule has 1 amide bonds. The van der Waals surface area contributed by atoms with E-state index in [1.807, 2.05) is 11.9 Å². The number of rotatable bonds is 3. The van der Waals surface area contributed by atoms with Gasteiger partial charge in [0, 0.05) is 13.1 Å². The van der Waals surface area contributed by atoms with E-state index in [1.54, 1.807) is 12.1 Å². The first-order valence-electron chi connectivity index (χ1n) is 6.87. The van der Waals surface area contributed by atoms with Gasteiger partial charge in [-0.1, -0.05) is 12.1 Å². The van der Waals surface area contributed by atoms with Crippen LogP contribution in [0.4, 0.5) is 4.39 Å². The zero-order valence-electron chi connectivity index (χ0n) is 11.4. The largest absolute Gasteiger partial charge is 0.342 e. The SMILES string of the molecule is CN(C(=O)Cc1cccc(F)c1)C1CCCNCC1. The predicted octanol–water partition coefficient (Wildman–Crippen LogP) is 1.97. The topological polar surface area (TPSA) is 32.3 Å². The van der Waals surface area contributed by atoms with Gasteiger partial charge in [-0.25, -0.2) is 4.39 Å². The normalized spacial score (nSPS) is 19.8. The third-order valence-electron chi connectivity index (χ3n) is 3.73. The molecular weight excluding hydrogens is 243 g/mol. The fourth-order valence-corrected chi connectivity index (χ4v) is 2.54. The smallest absolute Gasteiger partial charge is 0.226 e. The van der Waals surface area contributed by atoms with E-state index in [9.17, 15) is 9.18 Å². The van der Waals surface area contributed by atoms with Crippen molar-refractivity contribution < 1.29 is 9.18 Å². The number of hydrogen-bond donors (Lipinski definition) is 1. The van der Waals surface area contributed by atoms with Crippen LogP contribution in [0.25, 0.3) is 0 Å². The minimum atomic E-state index is -0.286. The van der Waals surface area contributed by atoms with Crippen LogP contribution >= 0.6 is 0 Å². The lowest BCUT2D eigenvalue weighted by atomic mass is 10.1. The summed E-state index contributed by atoms with van der Waals surface area (Å²) in [6.07, 6.45) is 3.41. The van der Waals surface area contributed by atoms with Gasteiger partial charge >= 0.3 is 0 Å². The molecule has 0 spiro atoms. The van der Waals surface area contributed by atoms with E-state index in [0.717, 1.165) is 37.9 Å². The minimum Gasteiger partial charge on any atom is -0.342 e. The summed E-state index contributed by atoms with van der Waals surface area (Å²) >= 11 is 0. The molecule has 1 N–H and O–H groups in total. The molecule has 19 heavy (non-hydrogen) atoms. The van der Waals surface area contributed by atoms with Crippen LogP contribution in [0.5, 0.6) is 0 Å². The fourth-order valence-electron chi connectivity index (χ4n) is 2.54. The summed E-state index contributed by atoms with van der Waals surface area (Å²) in [6, 6.07) is 6.57. The second-order valence-electron chi connectivity index (χ2n) is 5.15. The number of benzene rings is 1. The molecule has 1 saturated heterocycles. The Bertz CT molecular complexity index is 428. The first-order valence-corrected chi connectivity index (χ1v) is 6.87. The van der Waals surface area contributed by atoms with Crippen molar-refractivity contribution in [3.05, 3.63) is 35.6 Å². The van der Waals surface area contributed by atoms with Gasteiger partial charge in [0.15, 0.2) is 0 Å². The van der Waals surface area contributed by atoms with Crippen molar-refractivity contribution >= 4 is 5.91 Å². The maximum absolute atomic E-state index is 13.1.